The summed E-state index contributed by atoms with van der Waals surface area (Å²) in [6.45, 7) is 2.18. The first-order chi connectivity index (χ1) is 14.3. The summed E-state index contributed by atoms with van der Waals surface area (Å²) in [4.78, 5) is 32.2. The molecule has 0 aliphatic heterocycles. The second-order valence-electron chi connectivity index (χ2n) is 6.53. The molecule has 9 heteroatoms. The number of rotatable bonds is 6. The molecule has 0 saturated carbocycles. The maximum atomic E-state index is 12.7. The van der Waals surface area contributed by atoms with Crippen LogP contribution in [0.15, 0.2) is 48.8 Å². The zero-order chi connectivity index (χ0) is 21.7. The van der Waals surface area contributed by atoms with E-state index in [0.717, 1.165) is 16.7 Å². The van der Waals surface area contributed by atoms with Crippen molar-refractivity contribution in [2.75, 3.05) is 0 Å². The lowest BCUT2D eigenvalue weighted by molar-refractivity contribution is 0.0946. The summed E-state index contributed by atoms with van der Waals surface area (Å²) in [5.74, 6) is -0.402. The molecular formula is C21H18Cl2N4O3. The summed E-state index contributed by atoms with van der Waals surface area (Å²) in [5, 5.41) is 14.8. The van der Waals surface area contributed by atoms with Crippen LogP contribution in [0.5, 0.6) is 0 Å². The van der Waals surface area contributed by atoms with E-state index in [9.17, 15) is 9.59 Å². The first-order valence-corrected chi connectivity index (χ1v) is 9.70. The monoisotopic (exact) mass is 444 g/mol. The van der Waals surface area contributed by atoms with E-state index >= 15 is 0 Å². The molecule has 2 heterocycles. The minimum atomic E-state index is -1.16. The van der Waals surface area contributed by atoms with Gasteiger partial charge in [0.1, 0.15) is 5.69 Å². The molecule has 0 aliphatic rings. The topological polar surface area (TPSA) is 104 Å². The Labute approximate surface area is 183 Å². The number of nitrogens with zero attached hydrogens (tertiary/aromatic N) is 2. The number of hydrogen-bond donors (Lipinski definition) is 3. The molecule has 3 N–H and O–H groups in total. The van der Waals surface area contributed by atoms with Gasteiger partial charge in [-0.2, -0.15) is 0 Å². The van der Waals surface area contributed by atoms with Crippen molar-refractivity contribution in [1.82, 2.24) is 20.6 Å². The van der Waals surface area contributed by atoms with Gasteiger partial charge in [0.25, 0.3) is 5.91 Å². The average Bonchev–Trinajstić information content (AvgIpc) is 2.73. The molecule has 1 aromatic carbocycles. The Balaban J connectivity index is 1.87. The number of aryl methyl sites for hydroxylation is 1. The van der Waals surface area contributed by atoms with Crippen LogP contribution in [0.3, 0.4) is 0 Å². The second-order valence-corrected chi connectivity index (χ2v) is 7.34. The number of aromatic nitrogens is 2. The van der Waals surface area contributed by atoms with Gasteiger partial charge >= 0.3 is 6.09 Å². The number of amides is 2. The van der Waals surface area contributed by atoms with Gasteiger partial charge < -0.3 is 15.7 Å². The number of benzene rings is 1. The molecule has 3 rings (SSSR count). The van der Waals surface area contributed by atoms with Crippen molar-refractivity contribution in [3.63, 3.8) is 0 Å². The third-order valence-corrected chi connectivity index (χ3v) is 5.05. The SMILES string of the molecule is Cc1ccncc1-c1cc(CNC(=O)O)cc(C(=O)NCc2ccc(Cl)c(Cl)c2)n1. The predicted octanol–water partition coefficient (Wildman–Crippen LogP) is 4.46. The zero-order valence-electron chi connectivity index (χ0n) is 15.9. The second kappa shape index (κ2) is 9.56. The molecular weight excluding hydrogens is 427 g/mol. The van der Waals surface area contributed by atoms with E-state index in [4.69, 9.17) is 28.3 Å². The Bertz CT molecular complexity index is 1110. The van der Waals surface area contributed by atoms with Gasteiger partial charge in [-0.05, 0) is 53.9 Å². The zero-order valence-corrected chi connectivity index (χ0v) is 17.5. The molecule has 0 unspecified atom stereocenters. The van der Waals surface area contributed by atoms with E-state index in [-0.39, 0.29) is 18.8 Å². The highest BCUT2D eigenvalue weighted by Crippen LogP contribution is 2.23. The summed E-state index contributed by atoms with van der Waals surface area (Å²) in [7, 11) is 0. The number of halogens is 2. The molecule has 7 nitrogen and oxygen atoms in total. The first-order valence-electron chi connectivity index (χ1n) is 8.94. The van der Waals surface area contributed by atoms with Crippen LogP contribution in [0.1, 0.15) is 27.2 Å². The number of carbonyl (C=O) groups excluding carboxylic acids is 1. The van der Waals surface area contributed by atoms with E-state index in [1.54, 1.807) is 42.7 Å². The summed E-state index contributed by atoms with van der Waals surface area (Å²) in [6, 6.07) is 10.2. The molecule has 2 amide bonds. The Morgan fingerprint density at radius 1 is 1.00 bits per heavy atom. The minimum absolute atomic E-state index is 0.0389. The molecule has 0 atom stereocenters. The Kier molecular flexibility index (Phi) is 6.87. The van der Waals surface area contributed by atoms with E-state index in [0.29, 0.717) is 21.3 Å². The van der Waals surface area contributed by atoms with E-state index < -0.39 is 12.0 Å². The molecule has 0 spiro atoms. The average molecular weight is 445 g/mol. The summed E-state index contributed by atoms with van der Waals surface area (Å²) >= 11 is 11.9. The van der Waals surface area contributed by atoms with Crippen LogP contribution in [-0.4, -0.2) is 27.1 Å². The van der Waals surface area contributed by atoms with Crippen molar-refractivity contribution < 1.29 is 14.7 Å². The normalized spacial score (nSPS) is 10.5. The van der Waals surface area contributed by atoms with Gasteiger partial charge in [-0.15, -0.1) is 0 Å². The summed E-state index contributed by atoms with van der Waals surface area (Å²) in [6.07, 6.45) is 2.17. The van der Waals surface area contributed by atoms with Gasteiger partial charge in [0.05, 0.1) is 15.7 Å². The Morgan fingerprint density at radius 2 is 1.77 bits per heavy atom. The fourth-order valence-corrected chi connectivity index (χ4v) is 3.10. The highest BCUT2D eigenvalue weighted by molar-refractivity contribution is 6.42. The fourth-order valence-electron chi connectivity index (χ4n) is 2.78. The van der Waals surface area contributed by atoms with E-state index in [1.807, 2.05) is 13.0 Å². The lowest BCUT2D eigenvalue weighted by Crippen LogP contribution is -2.25. The van der Waals surface area contributed by atoms with Crippen molar-refractivity contribution >= 4 is 35.2 Å². The van der Waals surface area contributed by atoms with Gasteiger partial charge in [0, 0.05) is 31.0 Å². The lowest BCUT2D eigenvalue weighted by atomic mass is 10.1. The molecule has 0 saturated heterocycles. The van der Waals surface area contributed by atoms with Gasteiger partial charge in [-0.25, -0.2) is 9.78 Å². The van der Waals surface area contributed by atoms with Crippen LogP contribution < -0.4 is 10.6 Å². The molecule has 0 radical (unpaired) electrons. The molecule has 0 fully saturated rings. The van der Waals surface area contributed by atoms with E-state index in [2.05, 4.69) is 20.6 Å². The highest BCUT2D eigenvalue weighted by atomic mass is 35.5. The van der Waals surface area contributed by atoms with Crippen molar-refractivity contribution in [2.24, 2.45) is 0 Å². The van der Waals surface area contributed by atoms with Crippen molar-refractivity contribution in [2.45, 2.75) is 20.0 Å². The first kappa shape index (κ1) is 21.5. The summed E-state index contributed by atoms with van der Waals surface area (Å²) < 4.78 is 0. The van der Waals surface area contributed by atoms with Crippen LogP contribution in [0.25, 0.3) is 11.3 Å². The van der Waals surface area contributed by atoms with Crippen LogP contribution in [0, 0.1) is 6.92 Å². The largest absolute Gasteiger partial charge is 0.465 e. The number of carbonyl (C=O) groups is 2. The summed E-state index contributed by atoms with van der Waals surface area (Å²) in [5.41, 5.74) is 3.77. The number of hydrogen-bond acceptors (Lipinski definition) is 4. The third kappa shape index (κ3) is 5.46. The van der Waals surface area contributed by atoms with Gasteiger partial charge in [-0.1, -0.05) is 29.3 Å². The number of carboxylic acid groups (broad SMARTS) is 1. The minimum Gasteiger partial charge on any atom is -0.465 e. The van der Waals surface area contributed by atoms with Gasteiger partial charge in [0.15, 0.2) is 0 Å². The quantitative estimate of drug-likeness (QED) is 0.520. The molecule has 3 aromatic rings. The maximum absolute atomic E-state index is 12.7. The number of nitrogens with one attached hydrogen (secondary N) is 2. The van der Waals surface area contributed by atoms with Gasteiger partial charge in [0.2, 0.25) is 0 Å². The van der Waals surface area contributed by atoms with E-state index in [1.165, 1.54) is 0 Å². The maximum Gasteiger partial charge on any atom is 0.404 e. The van der Waals surface area contributed by atoms with Crippen molar-refractivity contribution in [1.29, 1.82) is 0 Å². The van der Waals surface area contributed by atoms with Crippen LogP contribution in [-0.2, 0) is 13.1 Å². The van der Waals surface area contributed by atoms with Crippen LogP contribution in [0.4, 0.5) is 4.79 Å². The standard InChI is InChI=1S/C21H18Cl2N4O3/c1-12-4-5-24-11-15(12)18-7-14(10-26-21(29)30)8-19(27-18)20(28)25-9-13-2-3-16(22)17(23)6-13/h2-8,11,26H,9-10H2,1H3,(H,25,28)(H,29,30). The Hall–Kier alpha value is -3.16. The molecule has 0 aliphatic carbocycles. The third-order valence-electron chi connectivity index (χ3n) is 4.31. The Morgan fingerprint density at radius 3 is 2.47 bits per heavy atom. The van der Waals surface area contributed by atoms with Crippen LogP contribution >= 0.6 is 23.2 Å². The number of pyridine rings is 2. The van der Waals surface area contributed by atoms with Crippen LogP contribution in [0.2, 0.25) is 10.0 Å². The lowest BCUT2D eigenvalue weighted by Gasteiger charge is -2.11. The van der Waals surface area contributed by atoms with Crippen molar-refractivity contribution in [3.8, 4) is 11.3 Å². The molecule has 154 valence electrons. The predicted molar refractivity (Wildman–Crippen MR) is 115 cm³/mol. The molecule has 0 bridgehead atoms. The smallest absolute Gasteiger partial charge is 0.404 e. The van der Waals surface area contributed by atoms with Gasteiger partial charge in [-0.3, -0.25) is 9.78 Å². The molecule has 30 heavy (non-hydrogen) atoms. The fraction of sp³-hybridized carbons (Fsp3) is 0.143. The highest BCUT2D eigenvalue weighted by Gasteiger charge is 2.14. The molecule has 2 aromatic heterocycles. The van der Waals surface area contributed by atoms with Crippen molar-refractivity contribution in [3.05, 3.63) is 81.2 Å².